The Morgan fingerprint density at radius 3 is 2.35 bits per heavy atom. The van der Waals surface area contributed by atoms with Gasteiger partial charge >= 0.3 is 12.1 Å². The van der Waals surface area contributed by atoms with Crippen molar-refractivity contribution in [3.8, 4) is 0 Å². The van der Waals surface area contributed by atoms with Gasteiger partial charge < -0.3 is 9.47 Å². The molecule has 6 heteroatoms. The number of Topliss-reactive ketones (excluding diaryl/α,β-unsaturated/α-hetero) is 1. The first-order valence-electron chi connectivity index (χ1n) is 8.14. The third-order valence-electron chi connectivity index (χ3n) is 3.79. The largest absolute Gasteiger partial charge is 0.460 e. The van der Waals surface area contributed by atoms with Crippen molar-refractivity contribution in [2.75, 3.05) is 6.61 Å². The zero-order valence-electron chi connectivity index (χ0n) is 14.2. The van der Waals surface area contributed by atoms with Crippen LogP contribution >= 0.6 is 0 Å². The zero-order valence-corrected chi connectivity index (χ0v) is 14.2. The third kappa shape index (κ3) is 3.49. The number of aromatic nitrogens is 1. The van der Waals surface area contributed by atoms with Crippen LogP contribution in [0.4, 0.5) is 4.79 Å². The highest BCUT2D eigenvalue weighted by atomic mass is 16.6. The molecule has 0 atom stereocenters. The van der Waals surface area contributed by atoms with Crippen LogP contribution in [0, 0.1) is 0 Å². The number of fused-ring (bicyclic) bond motifs is 1. The van der Waals surface area contributed by atoms with Gasteiger partial charge in [0, 0.05) is 5.39 Å². The minimum absolute atomic E-state index is 0.0548. The molecule has 0 spiro atoms. The number of carbonyl (C=O) groups excluding carboxylic acids is 3. The number of hydrogen-bond acceptors (Lipinski definition) is 5. The van der Waals surface area contributed by atoms with Crippen molar-refractivity contribution < 1.29 is 23.9 Å². The number of ether oxygens (including phenoxy) is 2. The van der Waals surface area contributed by atoms with Crippen molar-refractivity contribution in [3.05, 3.63) is 71.9 Å². The van der Waals surface area contributed by atoms with E-state index in [1.807, 2.05) is 30.3 Å². The normalized spacial score (nSPS) is 10.5. The summed E-state index contributed by atoms with van der Waals surface area (Å²) in [6.45, 7) is 1.73. The second kappa shape index (κ2) is 7.65. The minimum atomic E-state index is -1.01. The minimum Gasteiger partial charge on any atom is -0.460 e. The molecule has 2 aromatic carbocycles. The quantitative estimate of drug-likeness (QED) is 0.399. The Labute approximate surface area is 149 Å². The summed E-state index contributed by atoms with van der Waals surface area (Å²) in [6.07, 6.45) is -0.734. The van der Waals surface area contributed by atoms with Gasteiger partial charge in [-0.05, 0) is 24.6 Å². The number of hydrogen-bond donors (Lipinski definition) is 0. The fraction of sp³-hybridized carbons (Fsp3) is 0.150. The molecule has 0 N–H and O–H groups in total. The molecule has 0 unspecified atom stereocenters. The fourth-order valence-electron chi connectivity index (χ4n) is 2.60. The van der Waals surface area contributed by atoms with Crippen LogP contribution in [0.15, 0.2) is 60.7 Å². The molecule has 0 saturated carbocycles. The first kappa shape index (κ1) is 17.4. The summed E-state index contributed by atoms with van der Waals surface area (Å²) < 4.78 is 11.2. The number of carbonyl (C=O) groups is 3. The zero-order chi connectivity index (χ0) is 18.5. The maximum atomic E-state index is 12.6. The van der Waals surface area contributed by atoms with Crippen molar-refractivity contribution in [3.63, 3.8) is 0 Å². The summed E-state index contributed by atoms with van der Waals surface area (Å²) in [7, 11) is 0. The van der Waals surface area contributed by atoms with Gasteiger partial charge in [-0.15, -0.1) is 0 Å². The second-order valence-corrected chi connectivity index (χ2v) is 5.51. The Bertz CT molecular complexity index is 959. The lowest BCUT2D eigenvalue weighted by Crippen LogP contribution is -2.24. The summed E-state index contributed by atoms with van der Waals surface area (Å²) in [5.41, 5.74) is 1.22. The highest BCUT2D eigenvalue weighted by molar-refractivity contribution is 6.41. The van der Waals surface area contributed by atoms with E-state index in [2.05, 4.69) is 0 Å². The van der Waals surface area contributed by atoms with E-state index in [1.54, 1.807) is 31.2 Å². The average Bonchev–Trinajstić information content (AvgIpc) is 3.06. The number of nitrogens with zero attached hydrogens (tertiary/aromatic N) is 1. The fourth-order valence-corrected chi connectivity index (χ4v) is 2.60. The van der Waals surface area contributed by atoms with Crippen LogP contribution in [0.5, 0.6) is 0 Å². The standard InChI is InChI=1S/C20H17NO5/c1-2-25-19(23)18(22)17-12-15-10-6-7-11-16(15)21(17)20(24)26-13-14-8-4-3-5-9-14/h3-12H,2,13H2,1H3. The maximum absolute atomic E-state index is 12.6. The second-order valence-electron chi connectivity index (χ2n) is 5.51. The van der Waals surface area contributed by atoms with Crippen molar-refractivity contribution >= 4 is 28.7 Å². The lowest BCUT2D eigenvalue weighted by Gasteiger charge is -2.09. The predicted molar refractivity (Wildman–Crippen MR) is 94.9 cm³/mol. The van der Waals surface area contributed by atoms with Gasteiger partial charge in [0.2, 0.25) is 0 Å². The van der Waals surface area contributed by atoms with E-state index in [9.17, 15) is 14.4 Å². The van der Waals surface area contributed by atoms with Crippen LogP contribution in [0.2, 0.25) is 0 Å². The van der Waals surface area contributed by atoms with Gasteiger partial charge in [-0.25, -0.2) is 14.2 Å². The van der Waals surface area contributed by atoms with Gasteiger partial charge in [0.15, 0.2) is 0 Å². The SMILES string of the molecule is CCOC(=O)C(=O)c1cc2ccccc2n1C(=O)OCc1ccccc1. The monoisotopic (exact) mass is 351 g/mol. The molecule has 26 heavy (non-hydrogen) atoms. The molecule has 132 valence electrons. The molecule has 0 bridgehead atoms. The predicted octanol–water partition coefficient (Wildman–Crippen LogP) is 3.57. The Balaban J connectivity index is 1.94. The van der Waals surface area contributed by atoms with E-state index in [4.69, 9.17) is 9.47 Å². The molecule has 3 aromatic rings. The Morgan fingerprint density at radius 1 is 0.923 bits per heavy atom. The van der Waals surface area contributed by atoms with Gasteiger partial charge in [-0.2, -0.15) is 0 Å². The molecule has 1 heterocycles. The van der Waals surface area contributed by atoms with Crippen LogP contribution in [-0.2, 0) is 20.9 Å². The van der Waals surface area contributed by atoms with Gasteiger partial charge in [0.1, 0.15) is 12.3 Å². The van der Waals surface area contributed by atoms with Crippen molar-refractivity contribution in [1.29, 1.82) is 0 Å². The van der Waals surface area contributed by atoms with E-state index in [1.165, 1.54) is 6.07 Å². The molecule has 6 nitrogen and oxygen atoms in total. The molecule has 0 radical (unpaired) electrons. The molecular formula is C20H17NO5. The van der Waals surface area contributed by atoms with Gasteiger partial charge in [-0.1, -0.05) is 48.5 Å². The van der Waals surface area contributed by atoms with Crippen LogP contribution in [-0.4, -0.2) is 29.0 Å². The lowest BCUT2D eigenvalue weighted by atomic mass is 10.2. The Kier molecular flexibility index (Phi) is 5.12. The number of benzene rings is 2. The van der Waals surface area contributed by atoms with Gasteiger partial charge in [-0.3, -0.25) is 4.79 Å². The lowest BCUT2D eigenvalue weighted by molar-refractivity contribution is -0.137. The summed E-state index contributed by atoms with van der Waals surface area (Å²) >= 11 is 0. The Hall–Kier alpha value is -3.41. The molecular weight excluding hydrogens is 334 g/mol. The highest BCUT2D eigenvalue weighted by Gasteiger charge is 2.26. The molecule has 0 aliphatic carbocycles. The van der Waals surface area contributed by atoms with E-state index < -0.39 is 17.8 Å². The molecule has 0 aliphatic rings. The first-order chi connectivity index (χ1) is 12.6. The van der Waals surface area contributed by atoms with Gasteiger partial charge in [0.25, 0.3) is 5.78 Å². The maximum Gasteiger partial charge on any atom is 0.419 e. The summed E-state index contributed by atoms with van der Waals surface area (Å²) in [5, 5.41) is 0.650. The summed E-state index contributed by atoms with van der Waals surface area (Å²) in [5.74, 6) is -1.90. The van der Waals surface area contributed by atoms with E-state index in [0.717, 1.165) is 10.1 Å². The molecule has 3 rings (SSSR count). The van der Waals surface area contributed by atoms with Crippen LogP contribution < -0.4 is 0 Å². The molecule has 0 amide bonds. The molecule has 0 aliphatic heterocycles. The highest BCUT2D eigenvalue weighted by Crippen LogP contribution is 2.21. The van der Waals surface area contributed by atoms with Crippen LogP contribution in [0.3, 0.4) is 0 Å². The van der Waals surface area contributed by atoms with Crippen molar-refractivity contribution in [1.82, 2.24) is 4.57 Å². The first-order valence-corrected chi connectivity index (χ1v) is 8.14. The van der Waals surface area contributed by atoms with Gasteiger partial charge in [0.05, 0.1) is 12.1 Å². The Morgan fingerprint density at radius 2 is 1.62 bits per heavy atom. The summed E-state index contributed by atoms with van der Waals surface area (Å²) in [4.78, 5) is 36.9. The average molecular weight is 351 g/mol. The van der Waals surface area contributed by atoms with Crippen molar-refractivity contribution in [2.45, 2.75) is 13.5 Å². The topological polar surface area (TPSA) is 74.6 Å². The van der Waals surface area contributed by atoms with Crippen LogP contribution in [0.25, 0.3) is 10.9 Å². The number of ketones is 1. The van der Waals surface area contributed by atoms with Crippen LogP contribution in [0.1, 0.15) is 23.0 Å². The van der Waals surface area contributed by atoms with E-state index >= 15 is 0 Å². The number of para-hydroxylation sites is 1. The van der Waals surface area contributed by atoms with E-state index in [-0.39, 0.29) is 18.9 Å². The molecule has 0 saturated heterocycles. The smallest absolute Gasteiger partial charge is 0.419 e. The number of esters is 1. The number of rotatable bonds is 5. The molecule has 0 fully saturated rings. The van der Waals surface area contributed by atoms with Crippen molar-refractivity contribution in [2.24, 2.45) is 0 Å². The summed E-state index contributed by atoms with van der Waals surface area (Å²) in [6, 6.07) is 17.6. The third-order valence-corrected chi connectivity index (χ3v) is 3.79. The molecule has 1 aromatic heterocycles. The van der Waals surface area contributed by atoms with E-state index in [0.29, 0.717) is 10.9 Å².